The average Bonchev–Trinajstić information content (AvgIpc) is 3.16. The lowest BCUT2D eigenvalue weighted by Gasteiger charge is -2.37. The topological polar surface area (TPSA) is 66.1 Å². The highest BCUT2D eigenvalue weighted by Crippen LogP contribution is 2.44. The molecule has 2 heterocycles. The summed E-state index contributed by atoms with van der Waals surface area (Å²) >= 11 is 0. The number of piperidine rings is 1. The Labute approximate surface area is 176 Å². The number of nitrogens with one attached hydrogen (secondary N) is 1. The van der Waals surface area contributed by atoms with E-state index in [-0.39, 0.29) is 54.8 Å². The first kappa shape index (κ1) is 21.5. The maximum absolute atomic E-state index is 15.6. The van der Waals surface area contributed by atoms with Crippen molar-refractivity contribution in [1.82, 2.24) is 15.1 Å². The van der Waals surface area contributed by atoms with Gasteiger partial charge in [0, 0.05) is 48.7 Å². The number of aryl methyl sites for hydroxylation is 1. The molecule has 1 aliphatic carbocycles. The number of Topliss-reactive ketones (excluding diaryl/α,β-unsaturated/α-hetero) is 1. The molecule has 1 atom stereocenters. The van der Waals surface area contributed by atoms with Crippen LogP contribution in [0.5, 0.6) is 0 Å². The zero-order chi connectivity index (χ0) is 22.4. The number of hydrogen-bond acceptors (Lipinski definition) is 3. The van der Waals surface area contributed by atoms with Crippen LogP contribution in [0, 0.1) is 5.92 Å². The van der Waals surface area contributed by atoms with Crippen molar-refractivity contribution < 1.29 is 27.2 Å². The maximum Gasteiger partial charge on any atom is 0.416 e. The Balaban J connectivity index is 1.51. The van der Waals surface area contributed by atoms with Crippen LogP contribution >= 0.6 is 0 Å². The molecule has 0 saturated carbocycles. The molecular formula is C22H23F4N3O2. The molecule has 166 valence electrons. The quantitative estimate of drug-likeness (QED) is 0.732. The van der Waals surface area contributed by atoms with E-state index < -0.39 is 17.4 Å². The molecule has 31 heavy (non-hydrogen) atoms. The minimum Gasteiger partial charge on any atom is -0.337 e. The lowest BCUT2D eigenvalue weighted by Crippen LogP contribution is -2.44. The SMILES string of the molecule is CC(=O)C1CCc2[nH]nc(C(=O)N3CCC(F)(c4ccccc4C(F)(F)F)CC3)c2C1. The van der Waals surface area contributed by atoms with E-state index in [1.165, 1.54) is 30.0 Å². The van der Waals surface area contributed by atoms with Crippen molar-refractivity contribution in [2.24, 2.45) is 5.92 Å². The van der Waals surface area contributed by atoms with Gasteiger partial charge in [0.1, 0.15) is 11.5 Å². The largest absolute Gasteiger partial charge is 0.416 e. The Morgan fingerprint density at radius 1 is 1.19 bits per heavy atom. The fraction of sp³-hybridized carbons (Fsp3) is 0.500. The molecule has 1 aromatic heterocycles. The number of benzene rings is 1. The zero-order valence-electron chi connectivity index (χ0n) is 17.1. The minimum absolute atomic E-state index is 0.0146. The zero-order valence-corrected chi connectivity index (χ0v) is 17.1. The first-order valence-corrected chi connectivity index (χ1v) is 10.3. The number of hydrogen-bond donors (Lipinski definition) is 1. The third kappa shape index (κ3) is 3.97. The lowest BCUT2D eigenvalue weighted by atomic mass is 9.82. The van der Waals surface area contributed by atoms with Crippen molar-refractivity contribution in [3.8, 4) is 0 Å². The molecule has 2 aromatic rings. The van der Waals surface area contributed by atoms with Gasteiger partial charge in [-0.05, 0) is 32.3 Å². The number of carbonyl (C=O) groups excluding carboxylic acids is 2. The van der Waals surface area contributed by atoms with Crippen LogP contribution in [0.1, 0.15) is 59.1 Å². The molecular weight excluding hydrogens is 414 g/mol. The molecule has 9 heteroatoms. The first-order chi connectivity index (χ1) is 14.6. The van der Waals surface area contributed by atoms with Gasteiger partial charge in [0.15, 0.2) is 5.69 Å². The molecule has 1 aliphatic heterocycles. The standard InChI is InChI=1S/C22H23F4N3O2/c1-13(30)14-6-7-18-15(12-14)19(28-27-18)20(31)29-10-8-21(23,9-11-29)16-4-2-3-5-17(16)22(24,25)26/h2-5,14H,6-12H2,1H3,(H,27,28). The number of fused-ring (bicyclic) bond motifs is 1. The summed E-state index contributed by atoms with van der Waals surface area (Å²) in [5.41, 5.74) is -1.74. The Kier molecular flexibility index (Phi) is 5.39. The predicted octanol–water partition coefficient (Wildman–Crippen LogP) is 4.22. The van der Waals surface area contributed by atoms with Gasteiger partial charge in [0.2, 0.25) is 0 Å². The molecule has 0 bridgehead atoms. The van der Waals surface area contributed by atoms with Crippen molar-refractivity contribution in [1.29, 1.82) is 0 Å². The average molecular weight is 437 g/mol. The summed E-state index contributed by atoms with van der Waals surface area (Å²) in [7, 11) is 0. The number of likely N-dealkylation sites (tertiary alicyclic amines) is 1. The van der Waals surface area contributed by atoms with E-state index in [4.69, 9.17) is 0 Å². The van der Waals surface area contributed by atoms with Crippen LogP contribution in [-0.4, -0.2) is 39.9 Å². The van der Waals surface area contributed by atoms with Crippen LogP contribution in [0.15, 0.2) is 24.3 Å². The molecule has 1 aromatic carbocycles. The van der Waals surface area contributed by atoms with Gasteiger partial charge in [-0.3, -0.25) is 14.7 Å². The van der Waals surface area contributed by atoms with Gasteiger partial charge < -0.3 is 4.90 Å². The summed E-state index contributed by atoms with van der Waals surface area (Å²) < 4.78 is 55.6. The fourth-order valence-corrected chi connectivity index (χ4v) is 4.62. The number of rotatable bonds is 3. The summed E-state index contributed by atoms with van der Waals surface area (Å²) in [5.74, 6) is -0.475. The number of carbonyl (C=O) groups is 2. The molecule has 1 saturated heterocycles. The lowest BCUT2D eigenvalue weighted by molar-refractivity contribution is -0.140. The van der Waals surface area contributed by atoms with Gasteiger partial charge in [-0.2, -0.15) is 18.3 Å². The number of nitrogens with zero attached hydrogens (tertiary/aromatic N) is 2. The second-order valence-corrected chi connectivity index (χ2v) is 8.38. The van der Waals surface area contributed by atoms with Crippen molar-refractivity contribution in [3.63, 3.8) is 0 Å². The fourth-order valence-electron chi connectivity index (χ4n) is 4.62. The van der Waals surface area contributed by atoms with Crippen LogP contribution in [0.25, 0.3) is 0 Å². The third-order valence-corrected chi connectivity index (χ3v) is 6.48. The summed E-state index contributed by atoms with van der Waals surface area (Å²) in [4.78, 5) is 26.2. The number of aromatic nitrogens is 2. The van der Waals surface area contributed by atoms with E-state index in [0.717, 1.165) is 17.3 Å². The van der Waals surface area contributed by atoms with Crippen LogP contribution in [0.3, 0.4) is 0 Å². The van der Waals surface area contributed by atoms with E-state index in [1.54, 1.807) is 0 Å². The van der Waals surface area contributed by atoms with Crippen molar-refractivity contribution in [3.05, 3.63) is 52.3 Å². The molecule has 2 aliphatic rings. The van der Waals surface area contributed by atoms with E-state index in [1.807, 2.05) is 0 Å². The number of alkyl halides is 4. The van der Waals surface area contributed by atoms with Crippen LogP contribution in [0.2, 0.25) is 0 Å². The van der Waals surface area contributed by atoms with Crippen LogP contribution in [-0.2, 0) is 29.5 Å². The number of ketones is 1. The summed E-state index contributed by atoms with van der Waals surface area (Å²) in [5, 5.41) is 7.00. The van der Waals surface area contributed by atoms with Crippen molar-refractivity contribution >= 4 is 11.7 Å². The molecule has 1 unspecified atom stereocenters. The first-order valence-electron chi connectivity index (χ1n) is 10.3. The van der Waals surface area contributed by atoms with E-state index in [0.29, 0.717) is 19.3 Å². The van der Waals surface area contributed by atoms with Gasteiger partial charge in [0.05, 0.1) is 5.56 Å². The normalized spacial score (nSPS) is 20.9. The monoisotopic (exact) mass is 437 g/mol. The Bertz CT molecular complexity index is 1010. The molecule has 5 nitrogen and oxygen atoms in total. The van der Waals surface area contributed by atoms with Crippen molar-refractivity contribution in [2.45, 2.75) is 50.9 Å². The second-order valence-electron chi connectivity index (χ2n) is 8.38. The summed E-state index contributed by atoms with van der Waals surface area (Å²) in [6, 6.07) is 4.69. The third-order valence-electron chi connectivity index (χ3n) is 6.48. The van der Waals surface area contributed by atoms with Crippen molar-refractivity contribution in [2.75, 3.05) is 13.1 Å². The summed E-state index contributed by atoms with van der Waals surface area (Å²) in [6.45, 7) is 1.50. The molecule has 4 rings (SSSR count). The number of amides is 1. The molecule has 0 radical (unpaired) electrons. The van der Waals surface area contributed by atoms with Gasteiger partial charge in [-0.15, -0.1) is 0 Å². The van der Waals surface area contributed by atoms with Crippen LogP contribution in [0.4, 0.5) is 17.6 Å². The summed E-state index contributed by atoms with van der Waals surface area (Å²) in [6.07, 6.45) is -3.35. The van der Waals surface area contributed by atoms with E-state index >= 15 is 4.39 Å². The highest BCUT2D eigenvalue weighted by molar-refractivity contribution is 5.94. The second kappa shape index (κ2) is 7.76. The van der Waals surface area contributed by atoms with E-state index in [9.17, 15) is 22.8 Å². The van der Waals surface area contributed by atoms with Gasteiger partial charge in [-0.25, -0.2) is 4.39 Å². The molecule has 1 amide bonds. The van der Waals surface area contributed by atoms with E-state index in [2.05, 4.69) is 10.2 Å². The minimum atomic E-state index is -4.65. The van der Waals surface area contributed by atoms with Crippen LogP contribution < -0.4 is 0 Å². The maximum atomic E-state index is 15.6. The van der Waals surface area contributed by atoms with Gasteiger partial charge >= 0.3 is 6.18 Å². The highest BCUT2D eigenvalue weighted by atomic mass is 19.4. The Hall–Kier alpha value is -2.71. The molecule has 0 spiro atoms. The highest BCUT2D eigenvalue weighted by Gasteiger charge is 2.44. The van der Waals surface area contributed by atoms with Gasteiger partial charge in [-0.1, -0.05) is 18.2 Å². The number of H-pyrrole nitrogens is 1. The Morgan fingerprint density at radius 2 is 1.87 bits per heavy atom. The molecule has 1 fully saturated rings. The number of aromatic amines is 1. The number of halogens is 4. The Morgan fingerprint density at radius 3 is 2.52 bits per heavy atom. The smallest absolute Gasteiger partial charge is 0.337 e. The predicted molar refractivity (Wildman–Crippen MR) is 104 cm³/mol. The molecule has 1 N–H and O–H groups in total. The van der Waals surface area contributed by atoms with Gasteiger partial charge in [0.25, 0.3) is 5.91 Å².